The maximum Gasteiger partial charge on any atom is 0.410 e. The quantitative estimate of drug-likeness (QED) is 0.629. The van der Waals surface area contributed by atoms with Crippen LogP contribution < -0.4 is 0 Å². The Balaban J connectivity index is 0.000000873. The summed E-state index contributed by atoms with van der Waals surface area (Å²) in [5, 5.41) is 19.8. The first-order chi connectivity index (χ1) is 8.36. The molecule has 1 aromatic heterocycles. The average Bonchev–Trinajstić information content (AvgIpc) is 2.29. The molecule has 0 bridgehead atoms. The number of carbonyl (C=O) groups excluding carboxylic acids is 1. The molecule has 0 aromatic carbocycles. The van der Waals surface area contributed by atoms with E-state index in [-0.39, 0.29) is 5.69 Å². The second-order valence-corrected chi connectivity index (χ2v) is 3.56. The molecule has 1 amide bonds. The third-order valence-corrected chi connectivity index (χ3v) is 1.58. The Morgan fingerprint density at radius 3 is 2.33 bits per heavy atom. The van der Waals surface area contributed by atoms with E-state index in [0.29, 0.717) is 0 Å². The number of hydrogen-bond donors (Lipinski definition) is 1. The molecule has 0 unspecified atom stereocenters. The second-order valence-electron chi connectivity index (χ2n) is 3.56. The third kappa shape index (κ3) is 3.96. The Morgan fingerprint density at radius 2 is 1.94 bits per heavy atom. The highest BCUT2D eigenvalue weighted by molar-refractivity contribution is 5.95. The number of hydrogen-bond acceptors (Lipinski definition) is 6. The summed E-state index contributed by atoms with van der Waals surface area (Å²) in [5.74, 6) is -2.23. The first kappa shape index (κ1) is 15.8. The van der Waals surface area contributed by atoms with E-state index in [1.54, 1.807) is 0 Å². The topological polar surface area (TPSA) is 109 Å². The van der Waals surface area contributed by atoms with Gasteiger partial charge in [0.1, 0.15) is 0 Å². The first-order valence-electron chi connectivity index (χ1n) is 5.26. The molecule has 1 rings (SSSR count). The molecule has 0 aliphatic carbocycles. The highest BCUT2D eigenvalue weighted by Crippen LogP contribution is 2.25. The van der Waals surface area contributed by atoms with Crippen LogP contribution in [-0.2, 0) is 0 Å². The lowest BCUT2D eigenvalue weighted by atomic mass is 10.3. The van der Waals surface area contributed by atoms with Gasteiger partial charge in [-0.25, -0.2) is 4.98 Å². The van der Waals surface area contributed by atoms with Crippen molar-refractivity contribution < 1.29 is 14.8 Å². The van der Waals surface area contributed by atoms with Crippen molar-refractivity contribution in [2.45, 2.75) is 20.3 Å². The molecule has 0 fully saturated rings. The fraction of sp³-hybridized carbons (Fsp3) is 0.500. The van der Waals surface area contributed by atoms with Crippen LogP contribution in [0.3, 0.4) is 0 Å². The van der Waals surface area contributed by atoms with Crippen molar-refractivity contribution in [2.75, 3.05) is 14.1 Å². The van der Waals surface area contributed by atoms with Gasteiger partial charge in [-0.3, -0.25) is 4.79 Å². The summed E-state index contributed by atoms with van der Waals surface area (Å²) in [5.41, 5.74) is -0.387. The molecule has 18 heavy (non-hydrogen) atoms. The van der Waals surface area contributed by atoms with Gasteiger partial charge in [-0.1, -0.05) is 20.3 Å². The molecular weight excluding hydrogens is 240 g/mol. The smallest absolute Gasteiger partial charge is 0.410 e. The molecule has 1 N–H and O–H groups in total. The Morgan fingerprint density at radius 1 is 1.44 bits per heavy atom. The largest absolute Gasteiger partial charge is 0.499 e. The molecule has 0 spiro atoms. The summed E-state index contributed by atoms with van der Waals surface area (Å²) in [6.07, 6.45) is 2.11. The Labute approximate surface area is 104 Å². The van der Waals surface area contributed by atoms with Crippen LogP contribution in [0.15, 0.2) is 6.33 Å². The molecule has 0 aliphatic rings. The molecule has 0 atom stereocenters. The predicted octanol–water partition coefficient (Wildman–Crippen LogP) is 1.21. The van der Waals surface area contributed by atoms with Crippen molar-refractivity contribution in [3.63, 3.8) is 0 Å². The minimum absolute atomic E-state index is 0.387. The number of nitrogens with zero attached hydrogens (tertiary/aromatic N) is 4. The normalized spacial score (nSPS) is 9.11. The van der Waals surface area contributed by atoms with Crippen LogP contribution >= 0.6 is 0 Å². The summed E-state index contributed by atoms with van der Waals surface area (Å²) in [6, 6.07) is 0. The molecule has 0 aliphatic heterocycles. The second kappa shape index (κ2) is 7.15. The zero-order valence-electron chi connectivity index (χ0n) is 10.7. The van der Waals surface area contributed by atoms with Crippen LogP contribution in [-0.4, -0.2) is 44.9 Å². The predicted molar refractivity (Wildman–Crippen MR) is 64.3 cm³/mol. The number of amides is 1. The summed E-state index contributed by atoms with van der Waals surface area (Å²) in [7, 11) is 2.88. The minimum atomic E-state index is -0.885. The zero-order valence-corrected chi connectivity index (χ0v) is 10.7. The number of aromatic nitrogens is 2. The van der Waals surface area contributed by atoms with E-state index in [1.165, 1.54) is 20.5 Å². The van der Waals surface area contributed by atoms with Gasteiger partial charge in [-0.15, -0.1) is 0 Å². The third-order valence-electron chi connectivity index (χ3n) is 1.58. The van der Waals surface area contributed by atoms with E-state index in [9.17, 15) is 20.0 Å². The van der Waals surface area contributed by atoms with E-state index in [0.717, 1.165) is 11.2 Å². The van der Waals surface area contributed by atoms with Crippen LogP contribution in [0.25, 0.3) is 0 Å². The van der Waals surface area contributed by atoms with Crippen molar-refractivity contribution in [1.29, 1.82) is 0 Å². The van der Waals surface area contributed by atoms with E-state index in [2.05, 4.69) is 23.8 Å². The van der Waals surface area contributed by atoms with Gasteiger partial charge >= 0.3 is 5.82 Å². The van der Waals surface area contributed by atoms with Crippen molar-refractivity contribution >= 4 is 11.7 Å². The summed E-state index contributed by atoms with van der Waals surface area (Å²) < 4.78 is 0. The molecule has 0 saturated carbocycles. The van der Waals surface area contributed by atoms with Crippen molar-refractivity contribution in [3.8, 4) is 5.75 Å². The SMILES string of the molecule is CCC.CN(C)C(=O)c1ncnc([N+](=O)[O-])c1O. The van der Waals surface area contributed by atoms with E-state index in [4.69, 9.17) is 0 Å². The highest BCUT2D eigenvalue weighted by Gasteiger charge is 2.25. The van der Waals surface area contributed by atoms with Crippen LogP contribution in [0.1, 0.15) is 30.8 Å². The van der Waals surface area contributed by atoms with Gasteiger partial charge in [0.2, 0.25) is 12.1 Å². The van der Waals surface area contributed by atoms with Gasteiger partial charge in [0, 0.05) is 14.1 Å². The Bertz CT molecular complexity index is 434. The first-order valence-corrected chi connectivity index (χ1v) is 5.26. The molecule has 8 nitrogen and oxygen atoms in total. The summed E-state index contributed by atoms with van der Waals surface area (Å²) >= 11 is 0. The minimum Gasteiger partial charge on any atom is -0.499 e. The van der Waals surface area contributed by atoms with Gasteiger partial charge in [-0.2, -0.15) is 0 Å². The molecule has 0 radical (unpaired) electrons. The van der Waals surface area contributed by atoms with Crippen LogP contribution in [0.5, 0.6) is 5.75 Å². The lowest BCUT2D eigenvalue weighted by molar-refractivity contribution is -0.390. The van der Waals surface area contributed by atoms with Gasteiger partial charge in [0.25, 0.3) is 5.91 Å². The fourth-order valence-corrected chi connectivity index (χ4v) is 0.871. The molecule has 8 heteroatoms. The number of rotatable bonds is 2. The van der Waals surface area contributed by atoms with Gasteiger partial charge in [0.05, 0.1) is 0 Å². The zero-order chi connectivity index (χ0) is 14.3. The highest BCUT2D eigenvalue weighted by atomic mass is 16.6. The molecule has 1 heterocycles. The fourth-order valence-electron chi connectivity index (χ4n) is 0.871. The van der Waals surface area contributed by atoms with Gasteiger partial charge < -0.3 is 20.1 Å². The van der Waals surface area contributed by atoms with E-state index >= 15 is 0 Å². The van der Waals surface area contributed by atoms with Gasteiger partial charge in [-0.05, 0) is 9.91 Å². The van der Waals surface area contributed by atoms with Crippen LogP contribution in [0, 0.1) is 10.1 Å². The molecule has 1 aromatic rings. The van der Waals surface area contributed by atoms with E-state index in [1.807, 2.05) is 0 Å². The van der Waals surface area contributed by atoms with Crippen molar-refractivity contribution in [2.24, 2.45) is 0 Å². The van der Waals surface area contributed by atoms with Crippen LogP contribution in [0.4, 0.5) is 5.82 Å². The Hall–Kier alpha value is -2.25. The molecule has 100 valence electrons. The molecule has 0 saturated heterocycles. The lowest BCUT2D eigenvalue weighted by Crippen LogP contribution is -2.23. The number of nitro groups is 1. The average molecular weight is 256 g/mol. The van der Waals surface area contributed by atoms with Crippen LogP contribution in [0.2, 0.25) is 0 Å². The standard InChI is InChI=1S/C7H8N4O4.C3H8/c1-10(2)7(13)4-5(12)6(11(14)15)9-3-8-4;1-3-2/h3,12H,1-2H3;3H2,1-2H3. The van der Waals surface area contributed by atoms with Gasteiger partial charge in [0.15, 0.2) is 5.69 Å². The van der Waals surface area contributed by atoms with Crippen molar-refractivity contribution in [3.05, 3.63) is 22.1 Å². The maximum atomic E-state index is 11.4. The van der Waals surface area contributed by atoms with Crippen molar-refractivity contribution in [1.82, 2.24) is 14.9 Å². The van der Waals surface area contributed by atoms with E-state index < -0.39 is 22.4 Å². The Kier molecular flexibility index (Phi) is 6.26. The summed E-state index contributed by atoms with van der Waals surface area (Å²) in [4.78, 5) is 28.8. The lowest BCUT2D eigenvalue weighted by Gasteiger charge is -2.09. The number of aromatic hydroxyl groups is 1. The molecular formula is C10H16N4O4. The monoisotopic (exact) mass is 256 g/mol. The number of carbonyl (C=O) groups is 1. The summed E-state index contributed by atoms with van der Waals surface area (Å²) in [6.45, 7) is 4.25. The maximum absolute atomic E-state index is 11.4.